The van der Waals surface area contributed by atoms with E-state index >= 15 is 0 Å². The fourth-order valence-corrected chi connectivity index (χ4v) is 4.74. The van der Waals surface area contributed by atoms with Gasteiger partial charge >= 0.3 is 6.03 Å². The molecule has 1 unspecified atom stereocenters. The molecule has 0 saturated carbocycles. The minimum atomic E-state index is -1.05. The zero-order valence-electron chi connectivity index (χ0n) is 21.2. The third kappa shape index (κ3) is 5.02. The Balaban J connectivity index is 1.62. The van der Waals surface area contributed by atoms with Crippen LogP contribution >= 0.6 is 0 Å². The Morgan fingerprint density at radius 2 is 1.97 bits per heavy atom. The third-order valence-corrected chi connectivity index (χ3v) is 6.78. The van der Waals surface area contributed by atoms with Crippen LogP contribution in [0.1, 0.15) is 36.1 Å². The topological polar surface area (TPSA) is 126 Å². The van der Waals surface area contributed by atoms with E-state index in [1.807, 2.05) is 13.8 Å². The van der Waals surface area contributed by atoms with Crippen molar-refractivity contribution in [2.24, 2.45) is 13.0 Å². The smallest absolute Gasteiger partial charge is 0.325 e. The van der Waals surface area contributed by atoms with E-state index in [0.29, 0.717) is 23.6 Å². The second-order valence-electron chi connectivity index (χ2n) is 9.17. The van der Waals surface area contributed by atoms with Crippen molar-refractivity contribution in [1.29, 1.82) is 0 Å². The van der Waals surface area contributed by atoms with E-state index in [1.54, 1.807) is 44.6 Å². The summed E-state index contributed by atoms with van der Waals surface area (Å²) in [6.45, 7) is 3.67. The number of aryl methyl sites for hydroxylation is 2. The number of rotatable bonds is 7. The van der Waals surface area contributed by atoms with Crippen molar-refractivity contribution in [3.05, 3.63) is 71.3 Å². The van der Waals surface area contributed by atoms with Gasteiger partial charge in [-0.05, 0) is 60.7 Å². The first-order valence-corrected chi connectivity index (χ1v) is 12.0. The normalized spacial score (nSPS) is 17.8. The lowest BCUT2D eigenvalue weighted by molar-refractivity contribution is -0.156. The van der Waals surface area contributed by atoms with Gasteiger partial charge in [0.05, 0.1) is 18.2 Å². The number of pyridine rings is 1. The van der Waals surface area contributed by atoms with Gasteiger partial charge in [-0.1, -0.05) is 13.0 Å². The summed E-state index contributed by atoms with van der Waals surface area (Å²) >= 11 is 0. The van der Waals surface area contributed by atoms with Crippen molar-refractivity contribution >= 4 is 29.5 Å². The number of nitrogens with zero attached hydrogens (tertiary/aromatic N) is 5. The van der Waals surface area contributed by atoms with Crippen molar-refractivity contribution < 1.29 is 18.8 Å². The van der Waals surface area contributed by atoms with Gasteiger partial charge < -0.3 is 11.1 Å². The van der Waals surface area contributed by atoms with Gasteiger partial charge in [-0.25, -0.2) is 14.2 Å². The van der Waals surface area contributed by atoms with Crippen LogP contribution in [0, 0.1) is 18.7 Å². The number of halogens is 1. The Hall–Kier alpha value is -4.28. The molecule has 1 aliphatic heterocycles. The van der Waals surface area contributed by atoms with Gasteiger partial charge in [0.15, 0.2) is 0 Å². The molecule has 4 amide bonds. The first kappa shape index (κ1) is 25.8. The lowest BCUT2D eigenvalue weighted by atomic mass is 9.81. The molecule has 3 heterocycles. The molecule has 0 bridgehead atoms. The molecule has 0 radical (unpaired) electrons. The number of amides is 4. The molecule has 1 saturated heterocycles. The molecular weight excluding hydrogens is 477 g/mol. The molecule has 11 heteroatoms. The average molecular weight is 508 g/mol. The maximum atomic E-state index is 13.9. The second kappa shape index (κ2) is 10.4. The van der Waals surface area contributed by atoms with Crippen LogP contribution in [0.15, 0.2) is 48.8 Å². The number of nitrogens with one attached hydrogen (secondary N) is 1. The summed E-state index contributed by atoms with van der Waals surface area (Å²) in [5.41, 5.74) is 7.94. The number of hydrogen-bond donors (Lipinski definition) is 2. The van der Waals surface area contributed by atoms with Crippen molar-refractivity contribution in [3.63, 3.8) is 0 Å². The Morgan fingerprint density at radius 1 is 1.22 bits per heavy atom. The van der Waals surface area contributed by atoms with E-state index < -0.39 is 41.7 Å². The van der Waals surface area contributed by atoms with E-state index in [2.05, 4.69) is 15.4 Å². The number of β-lactam (4-membered cyclic amide) rings is 1. The van der Waals surface area contributed by atoms with Crippen LogP contribution in [-0.4, -0.2) is 50.6 Å². The monoisotopic (exact) mass is 507 g/mol. The molecule has 3 N–H and O–H groups in total. The van der Waals surface area contributed by atoms with Crippen molar-refractivity contribution in [3.8, 4) is 0 Å². The summed E-state index contributed by atoms with van der Waals surface area (Å²) in [6.07, 6.45) is 3.76. The number of nitrogen functional groups attached to an aromatic ring is 1. The lowest BCUT2D eigenvalue weighted by Crippen LogP contribution is -2.70. The van der Waals surface area contributed by atoms with Gasteiger partial charge in [0.1, 0.15) is 23.5 Å². The number of imide groups is 1. The number of urea groups is 1. The summed E-state index contributed by atoms with van der Waals surface area (Å²) in [5, 5.41) is 6.93. The summed E-state index contributed by atoms with van der Waals surface area (Å²) in [7, 11) is 3.27. The molecule has 0 spiro atoms. The molecular formula is C26H30FN7O3. The number of aromatic nitrogens is 3. The van der Waals surface area contributed by atoms with Gasteiger partial charge in [-0.15, -0.1) is 0 Å². The van der Waals surface area contributed by atoms with Crippen molar-refractivity contribution in [2.75, 3.05) is 17.7 Å². The number of benzene rings is 1. The predicted octanol–water partition coefficient (Wildman–Crippen LogP) is 2.74. The average Bonchev–Trinajstić information content (AvgIpc) is 3.30. The summed E-state index contributed by atoms with van der Waals surface area (Å²) < 4.78 is 15.5. The fraction of sp³-hybridized carbons (Fsp3) is 0.346. The highest BCUT2D eigenvalue weighted by Gasteiger charge is 2.55. The number of carbonyl (C=O) groups is 3. The van der Waals surface area contributed by atoms with Crippen LogP contribution in [-0.2, 0) is 23.1 Å². The number of hydrogen-bond acceptors (Lipinski definition) is 6. The Kier molecular flexibility index (Phi) is 7.23. The minimum Gasteiger partial charge on any atom is -0.384 e. The van der Waals surface area contributed by atoms with Crippen LogP contribution in [0.3, 0.4) is 0 Å². The number of likely N-dealkylation sites (N-methyl/N-ethyl adjacent to an activating group) is 1. The van der Waals surface area contributed by atoms with Gasteiger partial charge in [0.25, 0.3) is 5.91 Å². The van der Waals surface area contributed by atoms with Crippen LogP contribution < -0.4 is 16.0 Å². The van der Waals surface area contributed by atoms with Crippen LogP contribution in [0.2, 0.25) is 0 Å². The van der Waals surface area contributed by atoms with E-state index in [1.165, 1.54) is 27.9 Å². The number of nitrogens with two attached hydrogens (primary N) is 1. The number of anilines is 2. The molecule has 37 heavy (non-hydrogen) atoms. The molecule has 10 nitrogen and oxygen atoms in total. The fourth-order valence-electron chi connectivity index (χ4n) is 4.74. The van der Waals surface area contributed by atoms with E-state index in [4.69, 9.17) is 5.73 Å². The van der Waals surface area contributed by atoms with Gasteiger partial charge in [-0.3, -0.25) is 24.1 Å². The molecule has 4 rings (SSSR count). The molecule has 1 aromatic carbocycles. The molecule has 0 aliphatic carbocycles. The number of likely N-dealkylation sites (tertiary alicyclic amines) is 1. The molecule has 194 valence electrons. The van der Waals surface area contributed by atoms with Crippen LogP contribution in [0.25, 0.3) is 0 Å². The highest BCUT2D eigenvalue weighted by Crippen LogP contribution is 2.33. The Morgan fingerprint density at radius 3 is 2.62 bits per heavy atom. The number of carbonyl (C=O) groups excluding carboxylic acids is 3. The lowest BCUT2D eigenvalue weighted by Gasteiger charge is -2.46. The van der Waals surface area contributed by atoms with E-state index in [9.17, 15) is 18.8 Å². The van der Waals surface area contributed by atoms with E-state index in [-0.39, 0.29) is 6.42 Å². The zero-order valence-corrected chi connectivity index (χ0v) is 21.2. The molecule has 1 fully saturated rings. The maximum Gasteiger partial charge on any atom is 0.325 e. The SMILES string of the molecule is CCC(NC(=O)N1C(=O)[C@H](Cc2ccnc(N)c2)[C@H]1C(=O)N(C)c1ccnn1C)c1cc(F)ccc1C. The highest BCUT2D eigenvalue weighted by molar-refractivity contribution is 6.12. The third-order valence-electron chi connectivity index (χ3n) is 6.78. The minimum absolute atomic E-state index is 0.213. The van der Waals surface area contributed by atoms with Crippen LogP contribution in [0.4, 0.5) is 20.8 Å². The van der Waals surface area contributed by atoms with Crippen molar-refractivity contribution in [1.82, 2.24) is 25.0 Å². The molecule has 1 aliphatic rings. The van der Waals surface area contributed by atoms with Crippen LogP contribution in [0.5, 0.6) is 0 Å². The van der Waals surface area contributed by atoms with Gasteiger partial charge in [0, 0.05) is 26.4 Å². The zero-order chi connectivity index (χ0) is 26.9. The largest absolute Gasteiger partial charge is 0.384 e. The quantitative estimate of drug-likeness (QED) is 0.474. The second-order valence-corrected chi connectivity index (χ2v) is 9.17. The maximum absolute atomic E-state index is 13.9. The summed E-state index contributed by atoms with van der Waals surface area (Å²) in [4.78, 5) is 46.6. The highest BCUT2D eigenvalue weighted by atomic mass is 19.1. The molecule has 3 aromatic rings. The predicted molar refractivity (Wildman–Crippen MR) is 136 cm³/mol. The Bertz CT molecular complexity index is 1340. The first-order chi connectivity index (χ1) is 17.6. The van der Waals surface area contributed by atoms with Crippen molar-refractivity contribution in [2.45, 2.75) is 38.8 Å². The molecule has 2 aromatic heterocycles. The Labute approximate surface area is 214 Å². The van der Waals surface area contributed by atoms with E-state index in [0.717, 1.165) is 16.0 Å². The first-order valence-electron chi connectivity index (χ1n) is 12.0. The standard InChI is InChI=1S/C26H30FN7O3/c1-5-20(18-14-17(27)7-6-15(18)2)31-26(37)34-23(25(36)32(3)22-9-11-30-33(22)4)19(24(34)35)12-16-8-10-29-21(28)13-16/h6-11,13-14,19-20,23H,5,12H2,1-4H3,(H2,28,29)(H,31,37)/t19-,20?,23+/m1/s1. The van der Waals surface area contributed by atoms with Gasteiger partial charge in [-0.2, -0.15) is 5.10 Å². The summed E-state index contributed by atoms with van der Waals surface area (Å²) in [6, 6.07) is 7.10. The summed E-state index contributed by atoms with van der Waals surface area (Å²) in [5.74, 6) is -1.29. The molecule has 3 atom stereocenters. The van der Waals surface area contributed by atoms with Gasteiger partial charge in [0.2, 0.25) is 5.91 Å².